The van der Waals surface area contributed by atoms with E-state index in [1.807, 2.05) is 35.2 Å². The second-order valence-electron chi connectivity index (χ2n) is 10.2. The van der Waals surface area contributed by atoms with Crippen molar-refractivity contribution in [3.05, 3.63) is 70.8 Å². The van der Waals surface area contributed by atoms with E-state index in [1.54, 1.807) is 0 Å². The first-order valence-electron chi connectivity index (χ1n) is 13.6. The molecule has 2 heterocycles. The Kier molecular flexibility index (Phi) is 9.45. The molecule has 0 atom stereocenters. The van der Waals surface area contributed by atoms with Gasteiger partial charge in [-0.3, -0.25) is 14.5 Å². The molecule has 2 aromatic rings. The Morgan fingerprint density at radius 1 is 0.951 bits per heavy atom. The van der Waals surface area contributed by atoms with Crippen molar-refractivity contribution in [1.29, 1.82) is 5.26 Å². The van der Waals surface area contributed by atoms with Crippen LogP contribution in [-0.2, 0) is 15.8 Å². The zero-order chi connectivity index (χ0) is 29.6. The molecule has 2 aromatic carbocycles. The standard InChI is InChI=1S/C30H32F3N5O3/c1-21-25(28(40)38(27(21)39)24-13-12-22(20-34)26(19-24)30(31,32)33)11-7-2-3-8-14-36-15-17-37(18-16-36)29(41)35-23-9-5-4-6-10-23/h4-6,9-10,12-13,19H,2-3,7-8,11,14-18H2,1H3,(H,35,41). The van der Waals surface area contributed by atoms with Crippen LogP contribution in [0.15, 0.2) is 59.7 Å². The highest BCUT2D eigenvalue weighted by Gasteiger charge is 2.39. The van der Waals surface area contributed by atoms with Crippen molar-refractivity contribution in [3.63, 3.8) is 0 Å². The second kappa shape index (κ2) is 13.0. The van der Waals surface area contributed by atoms with Gasteiger partial charge in [-0.25, -0.2) is 9.69 Å². The molecule has 4 amide bonds. The number of hydrogen-bond donors (Lipinski definition) is 1. The molecule has 1 saturated heterocycles. The predicted molar refractivity (Wildman–Crippen MR) is 148 cm³/mol. The molecule has 1 N–H and O–H groups in total. The lowest BCUT2D eigenvalue weighted by molar-refractivity contribution is -0.138. The number of urea groups is 1. The first-order valence-corrected chi connectivity index (χ1v) is 13.6. The number of piperazine rings is 1. The summed E-state index contributed by atoms with van der Waals surface area (Å²) in [5.41, 5.74) is -0.618. The van der Waals surface area contributed by atoms with Crippen LogP contribution in [0, 0.1) is 11.3 Å². The molecule has 0 bridgehead atoms. The molecule has 4 rings (SSSR count). The minimum absolute atomic E-state index is 0.0982. The fraction of sp³-hybridized carbons (Fsp3) is 0.400. The number of anilines is 2. The van der Waals surface area contributed by atoms with E-state index >= 15 is 0 Å². The van der Waals surface area contributed by atoms with Crippen molar-refractivity contribution < 1.29 is 27.6 Å². The van der Waals surface area contributed by atoms with Gasteiger partial charge < -0.3 is 10.2 Å². The third-order valence-electron chi connectivity index (χ3n) is 7.46. The summed E-state index contributed by atoms with van der Waals surface area (Å²) in [6.45, 7) is 5.33. The van der Waals surface area contributed by atoms with Crippen LogP contribution in [0.5, 0.6) is 0 Å². The van der Waals surface area contributed by atoms with Gasteiger partial charge in [0, 0.05) is 43.0 Å². The van der Waals surface area contributed by atoms with Crippen LogP contribution in [0.3, 0.4) is 0 Å². The maximum Gasteiger partial charge on any atom is 0.417 e. The number of halogens is 3. The third kappa shape index (κ3) is 7.13. The van der Waals surface area contributed by atoms with E-state index in [2.05, 4.69) is 10.2 Å². The Bertz CT molecular complexity index is 1360. The molecule has 2 aliphatic rings. The van der Waals surface area contributed by atoms with Crippen LogP contribution in [0.2, 0.25) is 0 Å². The van der Waals surface area contributed by atoms with Gasteiger partial charge in [0.1, 0.15) is 0 Å². The highest BCUT2D eigenvalue weighted by molar-refractivity contribution is 6.32. The monoisotopic (exact) mass is 567 g/mol. The van der Waals surface area contributed by atoms with Crippen LogP contribution in [-0.4, -0.2) is 60.4 Å². The lowest BCUT2D eigenvalue weighted by Gasteiger charge is -2.34. The molecular formula is C30H32F3N5O3. The zero-order valence-electron chi connectivity index (χ0n) is 22.8. The summed E-state index contributed by atoms with van der Waals surface area (Å²) in [4.78, 5) is 43.1. The number of para-hydroxylation sites is 1. The van der Waals surface area contributed by atoms with E-state index in [4.69, 9.17) is 5.26 Å². The molecule has 0 aromatic heterocycles. The molecule has 0 spiro atoms. The van der Waals surface area contributed by atoms with Crippen LogP contribution in [0.1, 0.15) is 50.2 Å². The molecule has 1 fully saturated rings. The van der Waals surface area contributed by atoms with E-state index in [-0.39, 0.29) is 17.3 Å². The van der Waals surface area contributed by atoms with Gasteiger partial charge in [0.05, 0.1) is 22.9 Å². The largest absolute Gasteiger partial charge is 0.417 e. The maximum absolute atomic E-state index is 13.4. The van der Waals surface area contributed by atoms with Gasteiger partial charge in [-0.05, 0) is 63.1 Å². The smallest absolute Gasteiger partial charge is 0.322 e. The number of hydrogen-bond acceptors (Lipinski definition) is 5. The van der Waals surface area contributed by atoms with Crippen LogP contribution < -0.4 is 10.2 Å². The summed E-state index contributed by atoms with van der Waals surface area (Å²) in [7, 11) is 0. The van der Waals surface area contributed by atoms with Crippen molar-refractivity contribution in [2.75, 3.05) is 42.9 Å². The number of amides is 4. The Balaban J connectivity index is 1.19. The Labute approximate surface area is 237 Å². The van der Waals surface area contributed by atoms with Crippen molar-refractivity contribution in [2.24, 2.45) is 0 Å². The number of alkyl halides is 3. The number of unbranched alkanes of at least 4 members (excludes halogenated alkanes) is 3. The predicted octanol–water partition coefficient (Wildman–Crippen LogP) is 5.57. The summed E-state index contributed by atoms with van der Waals surface area (Å²) < 4.78 is 40.2. The average Bonchev–Trinajstić information content (AvgIpc) is 3.17. The van der Waals surface area contributed by atoms with E-state index in [1.165, 1.54) is 19.1 Å². The molecule has 0 aliphatic carbocycles. The molecule has 8 nitrogen and oxygen atoms in total. The molecule has 0 saturated carbocycles. The van der Waals surface area contributed by atoms with Crippen LogP contribution in [0.4, 0.5) is 29.3 Å². The first-order chi connectivity index (χ1) is 19.6. The van der Waals surface area contributed by atoms with Gasteiger partial charge in [-0.2, -0.15) is 18.4 Å². The Morgan fingerprint density at radius 2 is 1.63 bits per heavy atom. The Morgan fingerprint density at radius 3 is 2.29 bits per heavy atom. The number of imide groups is 1. The topological polar surface area (TPSA) is 96.8 Å². The fourth-order valence-corrected chi connectivity index (χ4v) is 5.11. The molecule has 216 valence electrons. The molecule has 0 unspecified atom stereocenters. The van der Waals surface area contributed by atoms with Gasteiger partial charge >= 0.3 is 12.2 Å². The van der Waals surface area contributed by atoms with E-state index in [0.717, 1.165) is 55.6 Å². The minimum atomic E-state index is -4.79. The Hall–Kier alpha value is -4.17. The van der Waals surface area contributed by atoms with Gasteiger partial charge in [0.15, 0.2) is 0 Å². The van der Waals surface area contributed by atoms with E-state index in [9.17, 15) is 27.6 Å². The van der Waals surface area contributed by atoms with Crippen molar-refractivity contribution in [3.8, 4) is 6.07 Å². The number of carbonyl (C=O) groups excluding carboxylic acids is 3. The molecule has 0 radical (unpaired) electrons. The first kappa shape index (κ1) is 29.8. The molecule has 2 aliphatic heterocycles. The second-order valence-corrected chi connectivity index (χ2v) is 10.2. The van der Waals surface area contributed by atoms with Gasteiger partial charge in [-0.15, -0.1) is 0 Å². The number of carbonyl (C=O) groups is 3. The molecule has 41 heavy (non-hydrogen) atoms. The minimum Gasteiger partial charge on any atom is -0.322 e. The molecular weight excluding hydrogens is 535 g/mol. The highest BCUT2D eigenvalue weighted by atomic mass is 19.4. The highest BCUT2D eigenvalue weighted by Crippen LogP contribution is 2.37. The zero-order valence-corrected chi connectivity index (χ0v) is 22.8. The van der Waals surface area contributed by atoms with Crippen molar-refractivity contribution in [2.45, 2.75) is 45.2 Å². The average molecular weight is 568 g/mol. The van der Waals surface area contributed by atoms with Crippen LogP contribution in [0.25, 0.3) is 0 Å². The van der Waals surface area contributed by atoms with Gasteiger partial charge in [0.2, 0.25) is 0 Å². The third-order valence-corrected chi connectivity index (χ3v) is 7.46. The SMILES string of the molecule is CC1=C(CCCCCCN2CCN(C(=O)Nc3ccccc3)CC2)C(=O)N(c2ccc(C#N)c(C(F)(F)F)c2)C1=O. The maximum atomic E-state index is 13.4. The van der Waals surface area contributed by atoms with Gasteiger partial charge in [0.25, 0.3) is 11.8 Å². The van der Waals surface area contributed by atoms with E-state index < -0.39 is 29.1 Å². The summed E-state index contributed by atoms with van der Waals surface area (Å²) in [5, 5.41) is 11.9. The van der Waals surface area contributed by atoms with E-state index in [0.29, 0.717) is 37.6 Å². The van der Waals surface area contributed by atoms with Crippen molar-refractivity contribution in [1.82, 2.24) is 9.80 Å². The number of benzene rings is 2. The van der Waals surface area contributed by atoms with Crippen LogP contribution >= 0.6 is 0 Å². The molecule has 11 heteroatoms. The van der Waals surface area contributed by atoms with Crippen molar-refractivity contribution >= 4 is 29.2 Å². The number of nitrogens with zero attached hydrogens (tertiary/aromatic N) is 4. The summed E-state index contributed by atoms with van der Waals surface area (Å²) >= 11 is 0. The summed E-state index contributed by atoms with van der Waals surface area (Å²) in [6.07, 6.45) is -1.02. The quantitative estimate of drug-likeness (QED) is 0.316. The summed E-state index contributed by atoms with van der Waals surface area (Å²) in [5.74, 6) is -1.25. The number of nitriles is 1. The summed E-state index contributed by atoms with van der Waals surface area (Å²) in [6, 6.07) is 13.6. The lowest BCUT2D eigenvalue weighted by Crippen LogP contribution is -2.50. The number of rotatable bonds is 9. The normalized spacial score (nSPS) is 16.4. The number of nitrogens with one attached hydrogen (secondary N) is 1. The van der Waals surface area contributed by atoms with Gasteiger partial charge in [-0.1, -0.05) is 31.0 Å². The fourth-order valence-electron chi connectivity index (χ4n) is 5.11. The lowest BCUT2D eigenvalue weighted by atomic mass is 10.0.